The van der Waals surface area contributed by atoms with Gasteiger partial charge in [-0.15, -0.1) is 0 Å². The summed E-state index contributed by atoms with van der Waals surface area (Å²) >= 11 is 0. The topological polar surface area (TPSA) is 67.2 Å². The largest absolute Gasteiger partial charge is 0.418 e. The number of piperazine rings is 1. The minimum absolute atomic E-state index is 0.188. The second kappa shape index (κ2) is 9.45. The zero-order valence-electron chi connectivity index (χ0n) is 20.3. The lowest BCUT2D eigenvalue weighted by Crippen LogP contribution is -2.49. The van der Waals surface area contributed by atoms with Crippen LogP contribution in [0, 0.1) is 19.7 Å². The summed E-state index contributed by atoms with van der Waals surface area (Å²) in [5, 5.41) is 0. The van der Waals surface area contributed by atoms with E-state index in [2.05, 4.69) is 15.0 Å². The summed E-state index contributed by atoms with van der Waals surface area (Å²) in [5.41, 5.74) is 1.26. The van der Waals surface area contributed by atoms with Gasteiger partial charge in [-0.25, -0.2) is 9.37 Å². The molecule has 0 bridgehead atoms. The minimum atomic E-state index is -4.62. The number of rotatable bonds is 4. The number of aromatic nitrogens is 4. The Hall–Kier alpha value is -4.02. The molecule has 0 amide bonds. The predicted molar refractivity (Wildman–Crippen MR) is 132 cm³/mol. The SMILES string of the molecule is Cc1cccc(F)c1N1CCN(c2c(C)c3nccnc3n(Cc3ncccc3C(F)(F)F)c2=O)CC1. The molecule has 0 aliphatic carbocycles. The predicted octanol–water partition coefficient (Wildman–Crippen LogP) is 4.34. The van der Waals surface area contributed by atoms with Crippen molar-refractivity contribution in [2.75, 3.05) is 36.0 Å². The Kier molecular flexibility index (Phi) is 6.30. The van der Waals surface area contributed by atoms with Crippen LogP contribution in [0.4, 0.5) is 28.9 Å². The van der Waals surface area contributed by atoms with Gasteiger partial charge in [0.05, 0.1) is 23.5 Å². The Morgan fingerprint density at radius 2 is 1.54 bits per heavy atom. The van der Waals surface area contributed by atoms with Crippen LogP contribution in [0.3, 0.4) is 0 Å². The number of anilines is 2. The van der Waals surface area contributed by atoms with Gasteiger partial charge in [-0.2, -0.15) is 13.2 Å². The number of nitrogens with zero attached hydrogens (tertiary/aromatic N) is 6. The van der Waals surface area contributed by atoms with Gasteiger partial charge >= 0.3 is 6.18 Å². The van der Waals surface area contributed by atoms with Crippen LogP contribution in [-0.2, 0) is 12.7 Å². The summed E-state index contributed by atoms with van der Waals surface area (Å²) in [7, 11) is 0. The summed E-state index contributed by atoms with van der Waals surface area (Å²) in [5.74, 6) is -0.302. The zero-order valence-corrected chi connectivity index (χ0v) is 20.3. The van der Waals surface area contributed by atoms with Crippen LogP contribution >= 0.6 is 0 Å². The molecule has 3 aromatic heterocycles. The quantitative estimate of drug-likeness (QED) is 0.379. The molecule has 4 aromatic rings. The summed E-state index contributed by atoms with van der Waals surface area (Å²) in [6.07, 6.45) is -0.476. The van der Waals surface area contributed by atoms with Gasteiger partial charge in [-0.1, -0.05) is 12.1 Å². The highest BCUT2D eigenvalue weighted by Crippen LogP contribution is 2.32. The minimum Gasteiger partial charge on any atom is -0.365 e. The molecule has 192 valence electrons. The van der Waals surface area contributed by atoms with E-state index < -0.39 is 23.8 Å². The fourth-order valence-electron chi connectivity index (χ4n) is 4.96. The molecule has 0 spiro atoms. The zero-order chi connectivity index (χ0) is 26.3. The summed E-state index contributed by atoms with van der Waals surface area (Å²) in [6.45, 7) is 4.98. The molecule has 0 atom stereocenters. The molecule has 0 saturated carbocycles. The van der Waals surface area contributed by atoms with Crippen molar-refractivity contribution in [3.05, 3.63) is 87.5 Å². The number of benzene rings is 1. The first kappa shape index (κ1) is 24.7. The molecule has 5 rings (SSSR count). The first-order valence-electron chi connectivity index (χ1n) is 11.8. The van der Waals surface area contributed by atoms with Crippen LogP contribution < -0.4 is 15.4 Å². The Balaban J connectivity index is 1.55. The molecule has 1 aromatic carbocycles. The Bertz CT molecular complexity index is 1510. The van der Waals surface area contributed by atoms with Crippen LogP contribution in [0.5, 0.6) is 0 Å². The molecule has 0 radical (unpaired) electrons. The molecule has 1 fully saturated rings. The summed E-state index contributed by atoms with van der Waals surface area (Å²) in [6, 6.07) is 7.09. The van der Waals surface area contributed by atoms with Crippen molar-refractivity contribution in [3.8, 4) is 0 Å². The normalized spacial score (nSPS) is 14.4. The van der Waals surface area contributed by atoms with Gasteiger partial charge in [0.1, 0.15) is 17.0 Å². The van der Waals surface area contributed by atoms with E-state index in [4.69, 9.17) is 0 Å². The van der Waals surface area contributed by atoms with Crippen LogP contribution in [0.2, 0.25) is 0 Å². The highest BCUT2D eigenvalue weighted by Gasteiger charge is 2.34. The van der Waals surface area contributed by atoms with E-state index in [0.717, 1.165) is 11.6 Å². The fourth-order valence-corrected chi connectivity index (χ4v) is 4.96. The molecule has 11 heteroatoms. The average molecular weight is 513 g/mol. The van der Waals surface area contributed by atoms with Gasteiger partial charge in [-0.05, 0) is 37.6 Å². The number of alkyl halides is 3. The monoisotopic (exact) mass is 512 g/mol. The molecule has 7 nitrogen and oxygen atoms in total. The maximum absolute atomic E-state index is 14.5. The van der Waals surface area contributed by atoms with E-state index in [9.17, 15) is 22.4 Å². The highest BCUT2D eigenvalue weighted by molar-refractivity contribution is 5.80. The van der Waals surface area contributed by atoms with Crippen molar-refractivity contribution in [2.45, 2.75) is 26.6 Å². The van der Waals surface area contributed by atoms with Crippen LogP contribution in [-0.4, -0.2) is 45.7 Å². The fraction of sp³-hybridized carbons (Fsp3) is 0.308. The molecule has 1 saturated heterocycles. The van der Waals surface area contributed by atoms with E-state index in [1.807, 2.05) is 22.8 Å². The molecule has 4 heterocycles. The van der Waals surface area contributed by atoms with E-state index in [1.165, 1.54) is 35.3 Å². The number of para-hydroxylation sites is 1. The molecule has 1 aliphatic heterocycles. The smallest absolute Gasteiger partial charge is 0.365 e. The highest BCUT2D eigenvalue weighted by atomic mass is 19.4. The van der Waals surface area contributed by atoms with Crippen molar-refractivity contribution in [3.63, 3.8) is 0 Å². The Morgan fingerprint density at radius 1 is 0.865 bits per heavy atom. The van der Waals surface area contributed by atoms with Gasteiger partial charge < -0.3 is 9.80 Å². The lowest BCUT2D eigenvalue weighted by molar-refractivity contribution is -0.138. The van der Waals surface area contributed by atoms with E-state index >= 15 is 0 Å². The van der Waals surface area contributed by atoms with E-state index in [0.29, 0.717) is 48.6 Å². The maximum atomic E-state index is 14.5. The molecule has 37 heavy (non-hydrogen) atoms. The first-order valence-corrected chi connectivity index (χ1v) is 11.8. The first-order chi connectivity index (χ1) is 17.7. The van der Waals surface area contributed by atoms with Crippen molar-refractivity contribution in [2.24, 2.45) is 0 Å². The van der Waals surface area contributed by atoms with Crippen LogP contribution in [0.1, 0.15) is 22.4 Å². The Labute approximate surface area is 210 Å². The molecule has 1 aliphatic rings. The molecular formula is C26H24F4N6O. The number of halogens is 4. The molecular weight excluding hydrogens is 488 g/mol. The lowest BCUT2D eigenvalue weighted by atomic mass is 10.1. The number of pyridine rings is 2. The third kappa shape index (κ3) is 4.49. The average Bonchev–Trinajstić information content (AvgIpc) is 2.87. The number of aryl methyl sites for hydroxylation is 2. The third-order valence-corrected chi connectivity index (χ3v) is 6.70. The van der Waals surface area contributed by atoms with E-state index in [1.54, 1.807) is 13.0 Å². The van der Waals surface area contributed by atoms with Crippen molar-refractivity contribution in [1.29, 1.82) is 0 Å². The number of hydrogen-bond acceptors (Lipinski definition) is 6. The van der Waals surface area contributed by atoms with Gasteiger partial charge in [0.2, 0.25) is 0 Å². The van der Waals surface area contributed by atoms with Crippen molar-refractivity contribution >= 4 is 22.5 Å². The van der Waals surface area contributed by atoms with Crippen LogP contribution in [0.25, 0.3) is 11.2 Å². The molecule has 0 N–H and O–H groups in total. The van der Waals surface area contributed by atoms with Gasteiger partial charge in [0, 0.05) is 50.3 Å². The van der Waals surface area contributed by atoms with Gasteiger partial charge in [0.15, 0.2) is 5.65 Å². The van der Waals surface area contributed by atoms with Crippen molar-refractivity contribution < 1.29 is 17.6 Å². The third-order valence-electron chi connectivity index (χ3n) is 6.70. The number of fused-ring (bicyclic) bond motifs is 1. The van der Waals surface area contributed by atoms with Crippen molar-refractivity contribution in [1.82, 2.24) is 19.5 Å². The lowest BCUT2D eigenvalue weighted by Gasteiger charge is -2.38. The Morgan fingerprint density at radius 3 is 2.22 bits per heavy atom. The second-order valence-corrected chi connectivity index (χ2v) is 8.97. The summed E-state index contributed by atoms with van der Waals surface area (Å²) < 4.78 is 56.6. The molecule has 0 unspecified atom stereocenters. The second-order valence-electron chi connectivity index (χ2n) is 8.97. The number of hydrogen-bond donors (Lipinski definition) is 0. The van der Waals surface area contributed by atoms with Gasteiger partial charge in [0.25, 0.3) is 5.56 Å². The summed E-state index contributed by atoms with van der Waals surface area (Å²) in [4.78, 5) is 30.2. The standard InChI is InChI=1S/C26H24F4N6O/c1-16-5-3-7-19(27)22(16)34-11-13-35(14-12-34)23-17(2)21-24(33-10-9-32-21)36(25(23)37)15-20-18(26(28,29)30)6-4-8-31-20/h3-10H,11-15H2,1-2H3. The van der Waals surface area contributed by atoms with Gasteiger partial charge in [-0.3, -0.25) is 19.3 Å². The van der Waals surface area contributed by atoms with Crippen LogP contribution in [0.15, 0.2) is 53.7 Å². The van der Waals surface area contributed by atoms with E-state index in [-0.39, 0.29) is 17.2 Å². The maximum Gasteiger partial charge on any atom is 0.418 e.